The lowest BCUT2D eigenvalue weighted by atomic mass is 10.1. The fourth-order valence-corrected chi connectivity index (χ4v) is 2.78. The summed E-state index contributed by atoms with van der Waals surface area (Å²) in [5.74, 6) is -0.121. The second-order valence-corrected chi connectivity index (χ2v) is 6.17. The minimum Gasteiger partial charge on any atom is -0.423 e. The predicted octanol–water partition coefficient (Wildman–Crippen LogP) is 3.32. The maximum absolute atomic E-state index is 12.4. The van der Waals surface area contributed by atoms with Gasteiger partial charge in [0.15, 0.2) is 5.75 Å². The Kier molecular flexibility index (Phi) is 4.44. The molecule has 2 aromatic rings. The largest absolute Gasteiger partial charge is 0.423 e. The maximum Gasteiger partial charge on any atom is 0.331 e. The van der Waals surface area contributed by atoms with E-state index >= 15 is 0 Å². The monoisotopic (exact) mass is 344 g/mol. The molecule has 124 valence electrons. The van der Waals surface area contributed by atoms with Crippen molar-refractivity contribution < 1.29 is 14.3 Å². The number of hydrogen-bond donors (Lipinski definition) is 1. The van der Waals surface area contributed by atoms with E-state index in [1.807, 2.05) is 26.0 Å². The SMILES string of the molecule is Cc1ccc2c(c1)N(CC(=O)Nc1cccc(Cl)c1C)CC(=O)O2. The number of halogens is 1. The molecule has 0 atom stereocenters. The third-order valence-electron chi connectivity index (χ3n) is 3.88. The lowest BCUT2D eigenvalue weighted by Crippen LogP contribution is -2.41. The van der Waals surface area contributed by atoms with Gasteiger partial charge in [0.1, 0.15) is 6.54 Å². The van der Waals surface area contributed by atoms with E-state index in [4.69, 9.17) is 16.3 Å². The van der Waals surface area contributed by atoms with Gasteiger partial charge in [0, 0.05) is 10.7 Å². The summed E-state index contributed by atoms with van der Waals surface area (Å²) < 4.78 is 5.22. The molecule has 1 heterocycles. The molecule has 3 rings (SSSR count). The fraction of sp³-hybridized carbons (Fsp3) is 0.222. The molecule has 0 unspecified atom stereocenters. The maximum atomic E-state index is 12.4. The number of ether oxygens (including phenoxy) is 1. The molecule has 24 heavy (non-hydrogen) atoms. The first kappa shape index (κ1) is 16.3. The molecule has 1 N–H and O–H groups in total. The van der Waals surface area contributed by atoms with Crippen LogP contribution in [0.4, 0.5) is 11.4 Å². The van der Waals surface area contributed by atoms with Gasteiger partial charge in [0.05, 0.1) is 12.2 Å². The highest BCUT2D eigenvalue weighted by Gasteiger charge is 2.25. The van der Waals surface area contributed by atoms with E-state index < -0.39 is 0 Å². The number of rotatable bonds is 3. The van der Waals surface area contributed by atoms with Crippen molar-refractivity contribution in [1.82, 2.24) is 0 Å². The number of benzene rings is 2. The van der Waals surface area contributed by atoms with Crippen molar-refractivity contribution >= 4 is 34.9 Å². The quantitative estimate of drug-likeness (QED) is 0.685. The van der Waals surface area contributed by atoms with Crippen LogP contribution in [0.15, 0.2) is 36.4 Å². The van der Waals surface area contributed by atoms with Crippen molar-refractivity contribution in [3.63, 3.8) is 0 Å². The van der Waals surface area contributed by atoms with Crippen LogP contribution in [0.5, 0.6) is 5.75 Å². The number of carbonyl (C=O) groups excluding carboxylic acids is 2. The molecule has 2 aromatic carbocycles. The lowest BCUT2D eigenvalue weighted by molar-refractivity contribution is -0.133. The molecule has 0 spiro atoms. The molecular weight excluding hydrogens is 328 g/mol. The summed E-state index contributed by atoms with van der Waals surface area (Å²) in [6, 6.07) is 10.9. The highest BCUT2D eigenvalue weighted by molar-refractivity contribution is 6.31. The van der Waals surface area contributed by atoms with Crippen LogP contribution < -0.4 is 15.0 Å². The second kappa shape index (κ2) is 6.53. The van der Waals surface area contributed by atoms with Crippen LogP contribution in [-0.4, -0.2) is 25.0 Å². The number of fused-ring (bicyclic) bond motifs is 1. The lowest BCUT2D eigenvalue weighted by Gasteiger charge is -2.29. The van der Waals surface area contributed by atoms with E-state index in [0.29, 0.717) is 16.5 Å². The molecule has 0 aromatic heterocycles. The molecule has 1 aliphatic rings. The summed E-state index contributed by atoms with van der Waals surface area (Å²) in [4.78, 5) is 25.9. The topological polar surface area (TPSA) is 58.6 Å². The van der Waals surface area contributed by atoms with E-state index in [2.05, 4.69) is 5.32 Å². The highest BCUT2D eigenvalue weighted by Crippen LogP contribution is 2.32. The Morgan fingerprint density at radius 3 is 2.88 bits per heavy atom. The molecule has 0 saturated heterocycles. The second-order valence-electron chi connectivity index (χ2n) is 5.76. The van der Waals surface area contributed by atoms with Crippen LogP contribution >= 0.6 is 11.6 Å². The molecule has 0 radical (unpaired) electrons. The number of esters is 1. The standard InChI is InChI=1S/C18H17ClN2O3/c1-11-6-7-16-15(8-11)21(10-18(23)24-16)9-17(22)20-14-5-3-4-13(19)12(14)2/h3-8H,9-10H2,1-2H3,(H,20,22). The Morgan fingerprint density at radius 1 is 1.29 bits per heavy atom. The summed E-state index contributed by atoms with van der Waals surface area (Å²) >= 11 is 6.07. The van der Waals surface area contributed by atoms with Crippen LogP contribution in [0, 0.1) is 13.8 Å². The average Bonchev–Trinajstić information content (AvgIpc) is 2.52. The smallest absolute Gasteiger partial charge is 0.331 e. The first-order valence-corrected chi connectivity index (χ1v) is 7.93. The number of amides is 1. The molecule has 0 fully saturated rings. The predicted molar refractivity (Wildman–Crippen MR) is 93.8 cm³/mol. The van der Waals surface area contributed by atoms with Crippen LogP contribution in [0.1, 0.15) is 11.1 Å². The van der Waals surface area contributed by atoms with Gasteiger partial charge in [-0.2, -0.15) is 0 Å². The van der Waals surface area contributed by atoms with Crippen LogP contribution in [0.25, 0.3) is 0 Å². The third-order valence-corrected chi connectivity index (χ3v) is 4.28. The van der Waals surface area contributed by atoms with E-state index in [1.165, 1.54) is 0 Å². The van der Waals surface area contributed by atoms with Gasteiger partial charge >= 0.3 is 5.97 Å². The van der Waals surface area contributed by atoms with Gasteiger partial charge in [-0.15, -0.1) is 0 Å². The number of nitrogens with one attached hydrogen (secondary N) is 1. The van der Waals surface area contributed by atoms with Gasteiger partial charge in [0.2, 0.25) is 5.91 Å². The van der Waals surface area contributed by atoms with E-state index in [-0.39, 0.29) is 25.0 Å². The fourth-order valence-electron chi connectivity index (χ4n) is 2.60. The van der Waals surface area contributed by atoms with Gasteiger partial charge in [0.25, 0.3) is 0 Å². The van der Waals surface area contributed by atoms with Gasteiger partial charge in [-0.1, -0.05) is 23.7 Å². The summed E-state index contributed by atoms with van der Waals surface area (Å²) in [5.41, 5.74) is 3.24. The molecule has 0 aliphatic carbocycles. The van der Waals surface area contributed by atoms with Crippen LogP contribution in [0.3, 0.4) is 0 Å². The molecule has 1 amide bonds. The zero-order chi connectivity index (χ0) is 17.3. The zero-order valence-electron chi connectivity index (χ0n) is 13.4. The summed E-state index contributed by atoms with van der Waals surface area (Å²) in [6.45, 7) is 3.88. The molecule has 0 saturated carbocycles. The number of hydrogen-bond acceptors (Lipinski definition) is 4. The summed E-state index contributed by atoms with van der Waals surface area (Å²) in [5, 5.41) is 3.43. The minimum atomic E-state index is -0.377. The number of nitrogens with zero attached hydrogens (tertiary/aromatic N) is 1. The zero-order valence-corrected chi connectivity index (χ0v) is 14.2. The van der Waals surface area contributed by atoms with E-state index in [1.54, 1.807) is 29.2 Å². The number of carbonyl (C=O) groups is 2. The van der Waals surface area contributed by atoms with Crippen molar-refractivity contribution in [2.75, 3.05) is 23.3 Å². The van der Waals surface area contributed by atoms with Crippen molar-refractivity contribution in [3.05, 3.63) is 52.5 Å². The number of anilines is 2. The van der Waals surface area contributed by atoms with Crippen molar-refractivity contribution in [2.24, 2.45) is 0 Å². The summed E-state index contributed by atoms with van der Waals surface area (Å²) in [6.07, 6.45) is 0. The Morgan fingerprint density at radius 2 is 2.08 bits per heavy atom. The third kappa shape index (κ3) is 3.36. The minimum absolute atomic E-state index is 0.0401. The number of aryl methyl sites for hydroxylation is 1. The molecule has 6 heteroatoms. The Labute approximate surface area is 145 Å². The van der Waals surface area contributed by atoms with E-state index in [0.717, 1.165) is 16.8 Å². The van der Waals surface area contributed by atoms with Crippen molar-refractivity contribution in [3.8, 4) is 5.75 Å². The molecule has 1 aliphatic heterocycles. The summed E-state index contributed by atoms with van der Waals surface area (Å²) in [7, 11) is 0. The molecule has 5 nitrogen and oxygen atoms in total. The normalized spacial score (nSPS) is 13.3. The van der Waals surface area contributed by atoms with Gasteiger partial charge in [-0.3, -0.25) is 4.79 Å². The van der Waals surface area contributed by atoms with Crippen LogP contribution in [0.2, 0.25) is 5.02 Å². The Bertz CT molecular complexity index is 820. The van der Waals surface area contributed by atoms with Crippen LogP contribution in [-0.2, 0) is 9.59 Å². The highest BCUT2D eigenvalue weighted by atomic mass is 35.5. The Hall–Kier alpha value is -2.53. The molecular formula is C18H17ClN2O3. The first-order chi connectivity index (χ1) is 11.4. The molecule has 0 bridgehead atoms. The first-order valence-electron chi connectivity index (χ1n) is 7.55. The van der Waals surface area contributed by atoms with Gasteiger partial charge in [-0.05, 0) is 49.2 Å². The van der Waals surface area contributed by atoms with Crippen molar-refractivity contribution in [1.29, 1.82) is 0 Å². The van der Waals surface area contributed by atoms with E-state index in [9.17, 15) is 9.59 Å². The average molecular weight is 345 g/mol. The Balaban J connectivity index is 1.78. The van der Waals surface area contributed by atoms with Gasteiger partial charge in [-0.25, -0.2) is 4.79 Å². The van der Waals surface area contributed by atoms with Gasteiger partial charge < -0.3 is 15.0 Å². The van der Waals surface area contributed by atoms with Crippen molar-refractivity contribution in [2.45, 2.75) is 13.8 Å².